The Morgan fingerprint density at radius 1 is 1.44 bits per heavy atom. The molecule has 1 aromatic heterocycles. The van der Waals surface area contributed by atoms with Crippen LogP contribution in [0.5, 0.6) is 0 Å². The molecule has 0 aliphatic carbocycles. The Balaban J connectivity index is 2.16. The molecule has 0 aliphatic heterocycles. The minimum Gasteiger partial charge on any atom is -0.378 e. The lowest BCUT2D eigenvalue weighted by Gasteiger charge is -2.11. The van der Waals surface area contributed by atoms with Crippen LogP contribution in [0.3, 0.4) is 0 Å². The van der Waals surface area contributed by atoms with E-state index in [-0.39, 0.29) is 5.91 Å². The second kappa shape index (κ2) is 5.64. The van der Waals surface area contributed by atoms with Crippen LogP contribution in [0, 0.1) is 6.92 Å². The normalized spacial score (nSPS) is 10.1. The summed E-state index contributed by atoms with van der Waals surface area (Å²) in [5.74, 6) is -0.0644. The van der Waals surface area contributed by atoms with Crippen molar-refractivity contribution in [3.8, 4) is 0 Å². The molecule has 4 nitrogen and oxygen atoms in total. The van der Waals surface area contributed by atoms with E-state index in [1.165, 1.54) is 0 Å². The summed E-state index contributed by atoms with van der Waals surface area (Å²) in [5, 5.41) is 8.92. The Morgan fingerprint density at radius 3 is 2.94 bits per heavy atom. The highest BCUT2D eigenvalue weighted by Crippen LogP contribution is 2.20. The molecule has 0 saturated heterocycles. The summed E-state index contributed by atoms with van der Waals surface area (Å²) in [6.07, 6.45) is 1.79. The smallest absolute Gasteiger partial charge is 0.251 e. The predicted molar refractivity (Wildman–Crippen MR) is 74.0 cm³/mol. The Bertz CT molecular complexity index is 537. The Labute approximate surface area is 110 Å². The van der Waals surface area contributed by atoms with Gasteiger partial charge in [0.05, 0.1) is 6.54 Å². The number of anilines is 1. The molecule has 0 saturated carbocycles. The van der Waals surface area contributed by atoms with Crippen LogP contribution < -0.4 is 10.6 Å². The van der Waals surface area contributed by atoms with Crippen molar-refractivity contribution >= 4 is 22.9 Å². The van der Waals surface area contributed by atoms with Crippen LogP contribution in [0.25, 0.3) is 0 Å². The second-order valence-corrected chi connectivity index (χ2v) is 4.82. The number of rotatable bonds is 4. The monoisotopic (exact) mass is 261 g/mol. The van der Waals surface area contributed by atoms with Crippen molar-refractivity contribution in [2.45, 2.75) is 13.5 Å². The summed E-state index contributed by atoms with van der Waals surface area (Å²) in [6.45, 7) is 2.62. The largest absolute Gasteiger partial charge is 0.378 e. The Morgan fingerprint density at radius 2 is 2.28 bits per heavy atom. The molecule has 18 heavy (non-hydrogen) atoms. The van der Waals surface area contributed by atoms with Crippen molar-refractivity contribution in [1.82, 2.24) is 10.3 Å². The van der Waals surface area contributed by atoms with Gasteiger partial charge in [0, 0.05) is 29.9 Å². The maximum atomic E-state index is 11.7. The zero-order chi connectivity index (χ0) is 13.0. The number of amides is 1. The second-order valence-electron chi connectivity index (χ2n) is 3.84. The van der Waals surface area contributed by atoms with Crippen molar-refractivity contribution < 1.29 is 4.79 Å². The van der Waals surface area contributed by atoms with Crippen LogP contribution in [-0.2, 0) is 6.54 Å². The molecule has 2 N–H and O–H groups in total. The summed E-state index contributed by atoms with van der Waals surface area (Å²) in [6, 6.07) is 5.67. The van der Waals surface area contributed by atoms with Crippen LogP contribution in [0.2, 0.25) is 0 Å². The van der Waals surface area contributed by atoms with Gasteiger partial charge in [-0.2, -0.15) is 0 Å². The van der Waals surface area contributed by atoms with Crippen LogP contribution >= 0.6 is 11.3 Å². The number of thiazole rings is 1. The van der Waals surface area contributed by atoms with Gasteiger partial charge in [0.15, 0.2) is 0 Å². The molecule has 2 rings (SSSR count). The number of hydrogen-bond acceptors (Lipinski definition) is 4. The van der Waals surface area contributed by atoms with E-state index in [1.807, 2.05) is 30.5 Å². The SMILES string of the molecule is CNC(=O)c1cccc(NCc2nccs2)c1C. The molecule has 0 spiro atoms. The molecule has 0 fully saturated rings. The van der Waals surface area contributed by atoms with E-state index >= 15 is 0 Å². The first-order chi connectivity index (χ1) is 8.72. The Kier molecular flexibility index (Phi) is 3.94. The lowest BCUT2D eigenvalue weighted by atomic mass is 10.1. The minimum atomic E-state index is -0.0644. The number of carbonyl (C=O) groups is 1. The van der Waals surface area contributed by atoms with Gasteiger partial charge in [-0.15, -0.1) is 11.3 Å². The standard InChI is InChI=1S/C13H15N3OS/c1-9-10(13(17)14-2)4-3-5-11(9)16-8-12-15-6-7-18-12/h3-7,16H,8H2,1-2H3,(H,14,17). The molecule has 0 unspecified atom stereocenters. The highest BCUT2D eigenvalue weighted by molar-refractivity contribution is 7.09. The molecule has 0 bridgehead atoms. The lowest BCUT2D eigenvalue weighted by molar-refractivity contribution is 0.0962. The molecule has 0 aliphatic rings. The quantitative estimate of drug-likeness (QED) is 0.888. The van der Waals surface area contributed by atoms with E-state index in [0.717, 1.165) is 16.3 Å². The minimum absolute atomic E-state index is 0.0644. The lowest BCUT2D eigenvalue weighted by Crippen LogP contribution is -2.19. The number of carbonyl (C=O) groups excluding carboxylic acids is 1. The predicted octanol–water partition coefficient (Wildman–Crippen LogP) is 2.42. The van der Waals surface area contributed by atoms with Gasteiger partial charge in [-0.05, 0) is 24.6 Å². The van der Waals surface area contributed by atoms with Gasteiger partial charge in [-0.25, -0.2) is 4.98 Å². The first-order valence-electron chi connectivity index (χ1n) is 5.66. The summed E-state index contributed by atoms with van der Waals surface area (Å²) in [7, 11) is 1.64. The molecule has 94 valence electrons. The fraction of sp³-hybridized carbons (Fsp3) is 0.231. The van der Waals surface area contributed by atoms with E-state index in [1.54, 1.807) is 24.6 Å². The summed E-state index contributed by atoms with van der Waals surface area (Å²) in [4.78, 5) is 15.9. The topological polar surface area (TPSA) is 54.0 Å². The highest BCUT2D eigenvalue weighted by atomic mass is 32.1. The van der Waals surface area contributed by atoms with Crippen molar-refractivity contribution in [3.05, 3.63) is 45.9 Å². The van der Waals surface area contributed by atoms with Crippen molar-refractivity contribution in [1.29, 1.82) is 0 Å². The van der Waals surface area contributed by atoms with E-state index in [2.05, 4.69) is 15.6 Å². The van der Waals surface area contributed by atoms with Gasteiger partial charge in [-0.1, -0.05) is 6.07 Å². The van der Waals surface area contributed by atoms with E-state index in [9.17, 15) is 4.79 Å². The number of nitrogens with zero attached hydrogens (tertiary/aromatic N) is 1. The number of nitrogens with one attached hydrogen (secondary N) is 2. The maximum absolute atomic E-state index is 11.7. The van der Waals surface area contributed by atoms with Crippen LogP contribution in [0.1, 0.15) is 20.9 Å². The average molecular weight is 261 g/mol. The van der Waals surface area contributed by atoms with Gasteiger partial charge < -0.3 is 10.6 Å². The van der Waals surface area contributed by atoms with Crippen LogP contribution in [-0.4, -0.2) is 17.9 Å². The average Bonchev–Trinajstić information content (AvgIpc) is 2.90. The fourth-order valence-corrected chi connectivity index (χ4v) is 2.27. The Hall–Kier alpha value is -1.88. The molecule has 2 aromatic rings. The molecule has 0 radical (unpaired) electrons. The molecule has 5 heteroatoms. The molecule has 1 amide bonds. The summed E-state index contributed by atoms with van der Waals surface area (Å²) in [5.41, 5.74) is 2.61. The zero-order valence-electron chi connectivity index (χ0n) is 10.4. The first-order valence-corrected chi connectivity index (χ1v) is 6.54. The summed E-state index contributed by atoms with van der Waals surface area (Å²) < 4.78 is 0. The zero-order valence-corrected chi connectivity index (χ0v) is 11.2. The molecule has 1 heterocycles. The van der Waals surface area contributed by atoms with Gasteiger partial charge in [0.1, 0.15) is 5.01 Å². The van der Waals surface area contributed by atoms with E-state index in [0.29, 0.717) is 12.1 Å². The van der Waals surface area contributed by atoms with Crippen molar-refractivity contribution in [2.24, 2.45) is 0 Å². The van der Waals surface area contributed by atoms with Gasteiger partial charge in [0.2, 0.25) is 0 Å². The van der Waals surface area contributed by atoms with Crippen LogP contribution in [0.15, 0.2) is 29.8 Å². The van der Waals surface area contributed by atoms with E-state index in [4.69, 9.17) is 0 Å². The third-order valence-electron chi connectivity index (χ3n) is 2.72. The summed E-state index contributed by atoms with van der Waals surface area (Å²) >= 11 is 1.61. The van der Waals surface area contributed by atoms with Crippen molar-refractivity contribution in [3.63, 3.8) is 0 Å². The first kappa shape index (κ1) is 12.6. The molecule has 1 aromatic carbocycles. The highest BCUT2D eigenvalue weighted by Gasteiger charge is 2.09. The van der Waals surface area contributed by atoms with Gasteiger partial charge in [0.25, 0.3) is 5.91 Å². The molecule has 0 atom stereocenters. The third kappa shape index (κ3) is 2.68. The van der Waals surface area contributed by atoms with E-state index < -0.39 is 0 Å². The number of benzene rings is 1. The van der Waals surface area contributed by atoms with Crippen molar-refractivity contribution in [2.75, 3.05) is 12.4 Å². The number of aromatic nitrogens is 1. The molecular formula is C13H15N3OS. The van der Waals surface area contributed by atoms with Gasteiger partial charge >= 0.3 is 0 Å². The van der Waals surface area contributed by atoms with Crippen LogP contribution in [0.4, 0.5) is 5.69 Å². The molecular weight excluding hydrogens is 246 g/mol. The maximum Gasteiger partial charge on any atom is 0.251 e. The van der Waals surface area contributed by atoms with Gasteiger partial charge in [-0.3, -0.25) is 4.79 Å². The fourth-order valence-electron chi connectivity index (χ4n) is 1.72. The number of hydrogen-bond donors (Lipinski definition) is 2. The third-order valence-corrected chi connectivity index (χ3v) is 3.50.